The number of amidine groups is 1. The summed E-state index contributed by atoms with van der Waals surface area (Å²) in [4.78, 5) is 20.1. The number of halogens is 1. The lowest BCUT2D eigenvalue weighted by atomic mass is 9.80. The van der Waals surface area contributed by atoms with E-state index < -0.39 is 0 Å². The number of hydrogen-bond donors (Lipinski definition) is 1. The summed E-state index contributed by atoms with van der Waals surface area (Å²) >= 11 is 8.00. The second-order valence-corrected chi connectivity index (χ2v) is 10.6. The summed E-state index contributed by atoms with van der Waals surface area (Å²) in [7, 11) is 2.12. The van der Waals surface area contributed by atoms with Gasteiger partial charge in [-0.05, 0) is 92.8 Å². The number of thioether (sulfide) groups is 1. The second kappa shape index (κ2) is 8.03. The minimum atomic E-state index is -0.145. The van der Waals surface area contributed by atoms with E-state index in [0.29, 0.717) is 21.0 Å². The molecule has 4 rings (SSSR count). The minimum Gasteiger partial charge on any atom is -0.369 e. The van der Waals surface area contributed by atoms with Crippen molar-refractivity contribution in [3.63, 3.8) is 0 Å². The predicted octanol–water partition coefficient (Wildman–Crippen LogP) is 6.57. The molecule has 2 aliphatic rings. The molecule has 1 atom stereocenters. The Hall–Kier alpha value is -2.24. The van der Waals surface area contributed by atoms with Crippen LogP contribution in [-0.4, -0.2) is 23.7 Å². The van der Waals surface area contributed by atoms with Crippen LogP contribution in [0.15, 0.2) is 40.2 Å². The number of aryl methyl sites for hydroxylation is 2. The van der Waals surface area contributed by atoms with E-state index in [1.54, 1.807) is 0 Å². The van der Waals surface area contributed by atoms with Gasteiger partial charge in [-0.2, -0.15) is 0 Å². The molecule has 0 saturated carbocycles. The van der Waals surface area contributed by atoms with Crippen molar-refractivity contribution in [1.29, 1.82) is 0 Å². The molecule has 0 spiro atoms. The molecule has 4 nitrogen and oxygen atoms in total. The van der Waals surface area contributed by atoms with E-state index in [1.165, 1.54) is 22.9 Å². The molecule has 1 saturated heterocycles. The third-order valence-electron chi connectivity index (χ3n) is 6.26. The molecule has 2 aromatic rings. The number of rotatable bonds is 2. The van der Waals surface area contributed by atoms with Crippen LogP contribution >= 0.6 is 23.4 Å². The Labute approximate surface area is 193 Å². The van der Waals surface area contributed by atoms with E-state index in [2.05, 4.69) is 62.1 Å². The Kier molecular flexibility index (Phi) is 5.69. The summed E-state index contributed by atoms with van der Waals surface area (Å²) in [5.41, 5.74) is 6.51. The van der Waals surface area contributed by atoms with E-state index in [-0.39, 0.29) is 11.4 Å². The largest absolute Gasteiger partial charge is 0.369 e. The van der Waals surface area contributed by atoms with Gasteiger partial charge in [0.1, 0.15) is 0 Å². The van der Waals surface area contributed by atoms with Gasteiger partial charge < -0.3 is 10.2 Å². The summed E-state index contributed by atoms with van der Waals surface area (Å²) in [6.45, 7) is 10.8. The molecule has 0 aromatic heterocycles. The zero-order valence-corrected chi connectivity index (χ0v) is 20.4. The maximum Gasteiger partial charge on any atom is 0.264 e. The first-order chi connectivity index (χ1) is 14.5. The van der Waals surface area contributed by atoms with Crippen molar-refractivity contribution < 1.29 is 4.79 Å². The lowest BCUT2D eigenvalue weighted by Crippen LogP contribution is -2.45. The maximum atomic E-state index is 12.6. The third-order valence-corrected chi connectivity index (χ3v) is 7.50. The van der Waals surface area contributed by atoms with Crippen molar-refractivity contribution in [2.75, 3.05) is 11.9 Å². The predicted molar refractivity (Wildman–Crippen MR) is 134 cm³/mol. The summed E-state index contributed by atoms with van der Waals surface area (Å²) in [5.74, 6) is 0.274. The fraction of sp³-hybridized carbons (Fsp3) is 0.360. The number of hydrogen-bond acceptors (Lipinski definition) is 4. The van der Waals surface area contributed by atoms with Crippen molar-refractivity contribution in [2.24, 2.45) is 4.99 Å². The highest BCUT2D eigenvalue weighted by molar-refractivity contribution is 8.18. The van der Waals surface area contributed by atoms with Crippen LogP contribution in [0.2, 0.25) is 5.02 Å². The number of aliphatic imine (C=N–C) groups is 1. The number of fused-ring (bicyclic) bond motifs is 1. The zero-order chi connectivity index (χ0) is 22.5. The fourth-order valence-corrected chi connectivity index (χ4v) is 5.42. The highest BCUT2D eigenvalue weighted by Gasteiger charge is 2.34. The molecule has 2 heterocycles. The maximum absolute atomic E-state index is 12.6. The van der Waals surface area contributed by atoms with Gasteiger partial charge in [-0.25, -0.2) is 4.99 Å². The zero-order valence-electron chi connectivity index (χ0n) is 18.8. The van der Waals surface area contributed by atoms with E-state index in [4.69, 9.17) is 11.6 Å². The molecule has 0 aliphatic carbocycles. The minimum absolute atomic E-state index is 0.0798. The molecular weight excluding hydrogens is 426 g/mol. The number of anilines is 1. The molecule has 1 N–H and O–H groups in total. The Morgan fingerprint density at radius 1 is 1.26 bits per heavy atom. The smallest absolute Gasteiger partial charge is 0.264 e. The van der Waals surface area contributed by atoms with Crippen LogP contribution in [0.25, 0.3) is 6.08 Å². The first-order valence-electron chi connectivity index (χ1n) is 10.5. The molecule has 6 heteroatoms. The second-order valence-electron chi connectivity index (χ2n) is 9.18. The Morgan fingerprint density at radius 2 is 2.00 bits per heavy atom. The van der Waals surface area contributed by atoms with Crippen LogP contribution in [-0.2, 0) is 4.79 Å². The van der Waals surface area contributed by atoms with Gasteiger partial charge in [-0.1, -0.05) is 36.2 Å². The van der Waals surface area contributed by atoms with E-state index in [1.807, 2.05) is 31.2 Å². The van der Waals surface area contributed by atoms with Gasteiger partial charge in [-0.15, -0.1) is 0 Å². The van der Waals surface area contributed by atoms with Crippen molar-refractivity contribution in [1.82, 2.24) is 5.32 Å². The third kappa shape index (κ3) is 4.26. The van der Waals surface area contributed by atoms with E-state index in [9.17, 15) is 4.79 Å². The molecule has 31 heavy (non-hydrogen) atoms. The number of carbonyl (C=O) groups is 1. The molecule has 0 bridgehead atoms. The normalized spacial score (nSPS) is 22.7. The monoisotopic (exact) mass is 453 g/mol. The number of nitrogens with zero attached hydrogens (tertiary/aromatic N) is 2. The quantitative estimate of drug-likeness (QED) is 0.523. The van der Waals surface area contributed by atoms with Crippen LogP contribution in [0.1, 0.15) is 55.4 Å². The Balaban J connectivity index is 1.66. The fourth-order valence-electron chi connectivity index (χ4n) is 4.38. The molecular formula is C25H28ClN3OS. The van der Waals surface area contributed by atoms with Gasteiger partial charge in [0.25, 0.3) is 5.91 Å². The average Bonchev–Trinajstić information content (AvgIpc) is 3.02. The SMILES string of the molecule is Cc1ccc(N=C2NC(=O)/C(=C/c3cc4c(cc3Cl)N(C)C(C)(C)C[C@H]4C)S2)c(C)c1. The number of amides is 1. The van der Waals surface area contributed by atoms with Gasteiger partial charge in [0.05, 0.1) is 10.6 Å². The number of benzene rings is 2. The van der Waals surface area contributed by atoms with Crippen molar-refractivity contribution in [3.8, 4) is 0 Å². The highest BCUT2D eigenvalue weighted by Crippen LogP contribution is 2.45. The molecule has 2 aromatic carbocycles. The van der Waals surface area contributed by atoms with Crippen LogP contribution < -0.4 is 10.2 Å². The molecule has 2 aliphatic heterocycles. The van der Waals surface area contributed by atoms with E-state index >= 15 is 0 Å². The first kappa shape index (κ1) is 22.0. The van der Waals surface area contributed by atoms with Crippen LogP contribution in [0.3, 0.4) is 0 Å². The van der Waals surface area contributed by atoms with Gasteiger partial charge in [0, 0.05) is 23.3 Å². The summed E-state index contributed by atoms with van der Waals surface area (Å²) in [6.07, 6.45) is 2.94. The first-order valence-corrected chi connectivity index (χ1v) is 11.7. The average molecular weight is 454 g/mol. The van der Waals surface area contributed by atoms with Gasteiger partial charge in [-0.3, -0.25) is 4.79 Å². The summed E-state index contributed by atoms with van der Waals surface area (Å²) in [6, 6.07) is 10.3. The Morgan fingerprint density at radius 3 is 2.71 bits per heavy atom. The number of carbonyl (C=O) groups excluding carboxylic acids is 1. The number of nitrogens with one attached hydrogen (secondary N) is 1. The molecule has 162 valence electrons. The van der Waals surface area contributed by atoms with Gasteiger partial charge >= 0.3 is 0 Å². The molecule has 0 radical (unpaired) electrons. The molecule has 1 fully saturated rings. The topological polar surface area (TPSA) is 44.7 Å². The molecule has 1 amide bonds. The lowest BCUT2D eigenvalue weighted by Gasteiger charge is -2.45. The molecule has 0 unspecified atom stereocenters. The summed E-state index contributed by atoms with van der Waals surface area (Å²) in [5, 5.41) is 4.12. The van der Waals surface area contributed by atoms with E-state index in [0.717, 1.165) is 28.9 Å². The van der Waals surface area contributed by atoms with Crippen molar-refractivity contribution in [3.05, 3.63) is 62.5 Å². The summed E-state index contributed by atoms with van der Waals surface area (Å²) < 4.78 is 0. The lowest BCUT2D eigenvalue weighted by molar-refractivity contribution is -0.115. The van der Waals surface area contributed by atoms with Crippen LogP contribution in [0.5, 0.6) is 0 Å². The van der Waals surface area contributed by atoms with Crippen molar-refractivity contribution in [2.45, 2.75) is 52.5 Å². The Bertz CT molecular complexity index is 1140. The van der Waals surface area contributed by atoms with Crippen LogP contribution in [0, 0.1) is 13.8 Å². The van der Waals surface area contributed by atoms with Gasteiger partial charge in [0.15, 0.2) is 5.17 Å². The highest BCUT2D eigenvalue weighted by atomic mass is 35.5. The van der Waals surface area contributed by atoms with Gasteiger partial charge in [0.2, 0.25) is 0 Å². The van der Waals surface area contributed by atoms with Crippen molar-refractivity contribution >= 4 is 51.9 Å². The standard InChI is InChI=1S/C25H28ClN3OS/c1-14-7-8-20(15(2)9-14)27-24-28-23(30)22(31-24)11-17-10-18-16(3)13-25(4,5)29(6)21(18)12-19(17)26/h7-12,16H,13H2,1-6H3,(H,27,28,30)/b22-11-/t16-/m1/s1. The van der Waals surface area contributed by atoms with Crippen LogP contribution in [0.4, 0.5) is 11.4 Å².